The molecule has 0 aromatic heterocycles. The number of nitrogens with zero attached hydrogens (tertiary/aromatic N) is 1. The van der Waals surface area contributed by atoms with E-state index >= 15 is 0 Å². The molecule has 0 radical (unpaired) electrons. The van der Waals surface area contributed by atoms with E-state index in [1.165, 1.54) is 6.42 Å². The Morgan fingerprint density at radius 2 is 1.79 bits per heavy atom. The molecule has 1 aromatic rings. The molecule has 0 amide bonds. The zero-order chi connectivity index (χ0) is 13.9. The number of hydrogen-bond donors (Lipinski definition) is 1. The van der Waals surface area contributed by atoms with Gasteiger partial charge in [-0.25, -0.2) is 4.79 Å². The second kappa shape index (κ2) is 5.74. The van der Waals surface area contributed by atoms with Crippen molar-refractivity contribution in [1.82, 2.24) is 4.90 Å². The van der Waals surface area contributed by atoms with Crippen molar-refractivity contribution < 1.29 is 9.90 Å². The van der Waals surface area contributed by atoms with Gasteiger partial charge in [0.2, 0.25) is 0 Å². The molecule has 0 spiro atoms. The molecule has 1 atom stereocenters. The van der Waals surface area contributed by atoms with Crippen LogP contribution < -0.4 is 0 Å². The fourth-order valence-electron chi connectivity index (χ4n) is 3.13. The van der Waals surface area contributed by atoms with Crippen LogP contribution in [0.4, 0.5) is 0 Å². The summed E-state index contributed by atoms with van der Waals surface area (Å²) in [7, 11) is 0. The topological polar surface area (TPSA) is 40.5 Å². The maximum atomic E-state index is 12.0. The molecule has 1 aliphatic heterocycles. The van der Waals surface area contributed by atoms with Gasteiger partial charge < -0.3 is 5.11 Å². The highest BCUT2D eigenvalue weighted by atomic mass is 16.4. The van der Waals surface area contributed by atoms with Crippen molar-refractivity contribution in [3.63, 3.8) is 0 Å². The van der Waals surface area contributed by atoms with Crippen LogP contribution >= 0.6 is 0 Å². The van der Waals surface area contributed by atoms with Gasteiger partial charge in [0.05, 0.1) is 0 Å². The van der Waals surface area contributed by atoms with E-state index in [9.17, 15) is 9.90 Å². The monoisotopic (exact) mass is 261 g/mol. The van der Waals surface area contributed by atoms with E-state index in [1.54, 1.807) is 0 Å². The Hall–Kier alpha value is -1.35. The summed E-state index contributed by atoms with van der Waals surface area (Å²) in [5.41, 5.74) is 1.22. The van der Waals surface area contributed by atoms with Crippen LogP contribution in [-0.2, 0) is 10.3 Å². The number of piperidine rings is 1. The number of benzene rings is 1. The van der Waals surface area contributed by atoms with Crippen LogP contribution in [0.25, 0.3) is 0 Å². The zero-order valence-electron chi connectivity index (χ0n) is 11.9. The number of likely N-dealkylation sites (tertiary alicyclic amines) is 1. The maximum absolute atomic E-state index is 12.0. The van der Waals surface area contributed by atoms with Gasteiger partial charge in [-0.3, -0.25) is 4.90 Å². The first-order chi connectivity index (χ1) is 9.11. The van der Waals surface area contributed by atoms with Gasteiger partial charge in [0.1, 0.15) is 5.54 Å². The first kappa shape index (κ1) is 14.1. The Balaban J connectivity index is 2.43. The Kier molecular flexibility index (Phi) is 4.25. The van der Waals surface area contributed by atoms with Crippen LogP contribution in [0.2, 0.25) is 0 Å². The number of carboxylic acids is 1. The summed E-state index contributed by atoms with van der Waals surface area (Å²) < 4.78 is 0. The molecule has 3 nitrogen and oxygen atoms in total. The molecule has 0 aliphatic carbocycles. The summed E-state index contributed by atoms with van der Waals surface area (Å²) in [6.45, 7) is 5.77. The van der Waals surface area contributed by atoms with Crippen molar-refractivity contribution in [1.29, 1.82) is 0 Å². The van der Waals surface area contributed by atoms with E-state index < -0.39 is 11.5 Å². The standard InChI is InChI=1S/C16H23NO2/c1-3-16(15(18)19,17-11-5-4-6-12-17)14-9-7-13(2)8-10-14/h7-10H,3-6,11-12H2,1-2H3,(H,18,19). The van der Waals surface area contributed by atoms with Crippen LogP contribution in [0, 0.1) is 6.92 Å². The Morgan fingerprint density at radius 3 is 2.26 bits per heavy atom. The third-order valence-corrected chi connectivity index (χ3v) is 4.29. The molecule has 1 heterocycles. The summed E-state index contributed by atoms with van der Waals surface area (Å²) in [6.07, 6.45) is 4.01. The predicted octanol–water partition coefficient (Wildman–Crippen LogP) is 3.17. The average molecular weight is 261 g/mol. The molecule has 1 saturated heterocycles. The number of carbonyl (C=O) groups is 1. The fraction of sp³-hybridized carbons (Fsp3) is 0.562. The highest BCUT2D eigenvalue weighted by molar-refractivity contribution is 5.80. The van der Waals surface area contributed by atoms with Crippen molar-refractivity contribution in [3.05, 3.63) is 35.4 Å². The van der Waals surface area contributed by atoms with E-state index in [0.717, 1.165) is 37.1 Å². The summed E-state index contributed by atoms with van der Waals surface area (Å²) in [4.78, 5) is 14.2. The number of carboxylic acid groups (broad SMARTS) is 1. The molecule has 1 fully saturated rings. The van der Waals surface area contributed by atoms with E-state index in [0.29, 0.717) is 6.42 Å². The van der Waals surface area contributed by atoms with Gasteiger partial charge in [0.25, 0.3) is 0 Å². The number of aryl methyl sites for hydroxylation is 1. The highest BCUT2D eigenvalue weighted by Gasteiger charge is 2.44. The number of rotatable bonds is 4. The van der Waals surface area contributed by atoms with Crippen molar-refractivity contribution in [2.24, 2.45) is 0 Å². The lowest BCUT2D eigenvalue weighted by Gasteiger charge is -2.42. The quantitative estimate of drug-likeness (QED) is 0.905. The molecular formula is C16H23NO2. The minimum absolute atomic E-state index is 0.603. The molecule has 1 unspecified atom stereocenters. The first-order valence-electron chi connectivity index (χ1n) is 7.17. The van der Waals surface area contributed by atoms with Gasteiger partial charge in [0.15, 0.2) is 0 Å². The van der Waals surface area contributed by atoms with E-state index in [1.807, 2.05) is 38.1 Å². The Labute approximate surface area is 115 Å². The van der Waals surface area contributed by atoms with Crippen LogP contribution in [0.15, 0.2) is 24.3 Å². The van der Waals surface area contributed by atoms with Crippen LogP contribution in [0.3, 0.4) is 0 Å². The van der Waals surface area contributed by atoms with E-state index in [-0.39, 0.29) is 0 Å². The first-order valence-corrected chi connectivity index (χ1v) is 7.17. The molecule has 1 N–H and O–H groups in total. The minimum Gasteiger partial charge on any atom is -0.480 e. The molecule has 0 saturated carbocycles. The largest absolute Gasteiger partial charge is 0.480 e. The van der Waals surface area contributed by atoms with Crippen LogP contribution in [0.1, 0.15) is 43.7 Å². The van der Waals surface area contributed by atoms with Crippen LogP contribution in [-0.4, -0.2) is 29.1 Å². The summed E-state index contributed by atoms with van der Waals surface area (Å²) in [5, 5.41) is 9.86. The van der Waals surface area contributed by atoms with Crippen molar-refractivity contribution in [2.45, 2.75) is 45.1 Å². The van der Waals surface area contributed by atoms with Gasteiger partial charge in [-0.15, -0.1) is 0 Å². The molecule has 19 heavy (non-hydrogen) atoms. The SMILES string of the molecule is CCC(C(=O)O)(c1ccc(C)cc1)N1CCCCC1. The lowest BCUT2D eigenvalue weighted by atomic mass is 9.83. The van der Waals surface area contributed by atoms with Gasteiger partial charge >= 0.3 is 5.97 Å². The smallest absolute Gasteiger partial charge is 0.328 e. The maximum Gasteiger partial charge on any atom is 0.328 e. The number of aliphatic carboxylic acids is 1. The highest BCUT2D eigenvalue weighted by Crippen LogP contribution is 2.35. The van der Waals surface area contributed by atoms with Gasteiger partial charge in [0, 0.05) is 0 Å². The summed E-state index contributed by atoms with van der Waals surface area (Å²) in [6, 6.07) is 7.96. The molecule has 1 aliphatic rings. The fourth-order valence-corrected chi connectivity index (χ4v) is 3.13. The van der Waals surface area contributed by atoms with Gasteiger partial charge in [-0.2, -0.15) is 0 Å². The summed E-state index contributed by atoms with van der Waals surface area (Å²) in [5.74, 6) is -0.722. The minimum atomic E-state index is -0.853. The molecule has 0 bridgehead atoms. The summed E-state index contributed by atoms with van der Waals surface area (Å²) >= 11 is 0. The normalized spacial score (nSPS) is 19.9. The molecule has 2 rings (SSSR count). The van der Waals surface area contributed by atoms with Crippen molar-refractivity contribution >= 4 is 5.97 Å². The van der Waals surface area contributed by atoms with Gasteiger partial charge in [-0.1, -0.05) is 43.2 Å². The molecule has 1 aromatic carbocycles. The van der Waals surface area contributed by atoms with Crippen molar-refractivity contribution in [3.8, 4) is 0 Å². The van der Waals surface area contributed by atoms with E-state index in [2.05, 4.69) is 4.90 Å². The molecule has 104 valence electrons. The molecule has 3 heteroatoms. The predicted molar refractivity (Wildman–Crippen MR) is 76.2 cm³/mol. The van der Waals surface area contributed by atoms with Crippen molar-refractivity contribution in [2.75, 3.05) is 13.1 Å². The van der Waals surface area contributed by atoms with Crippen LogP contribution in [0.5, 0.6) is 0 Å². The average Bonchev–Trinajstić information content (AvgIpc) is 2.43. The third-order valence-electron chi connectivity index (χ3n) is 4.29. The van der Waals surface area contributed by atoms with Gasteiger partial charge in [-0.05, 0) is 44.8 Å². The zero-order valence-corrected chi connectivity index (χ0v) is 11.9. The lowest BCUT2D eigenvalue weighted by molar-refractivity contribution is -0.154. The molecular weight excluding hydrogens is 238 g/mol. The second-order valence-corrected chi connectivity index (χ2v) is 5.43. The lowest BCUT2D eigenvalue weighted by Crippen LogP contribution is -2.53. The second-order valence-electron chi connectivity index (χ2n) is 5.43. The Morgan fingerprint density at radius 1 is 1.21 bits per heavy atom. The Bertz CT molecular complexity index is 435. The number of hydrogen-bond acceptors (Lipinski definition) is 2. The van der Waals surface area contributed by atoms with E-state index in [4.69, 9.17) is 0 Å². The third kappa shape index (κ3) is 2.52.